The van der Waals surface area contributed by atoms with Crippen molar-refractivity contribution < 1.29 is 5.11 Å². The molecule has 186 valence electrons. The lowest BCUT2D eigenvalue weighted by Crippen LogP contribution is -2.15. The van der Waals surface area contributed by atoms with Crippen LogP contribution >= 0.6 is 0 Å². The highest BCUT2D eigenvalue weighted by Gasteiger charge is 2.13. The molecule has 0 aliphatic rings. The lowest BCUT2D eigenvalue weighted by Gasteiger charge is -2.07. The molecule has 6 heteroatoms. The molecule has 3 aromatic heterocycles. The number of unbranched alkanes of at least 4 members (excludes halogenated alkanes) is 1. The third kappa shape index (κ3) is 5.96. The number of hydrogen-bond donors (Lipinski definition) is 2. The molecule has 0 fully saturated rings. The van der Waals surface area contributed by atoms with Gasteiger partial charge < -0.3 is 10.4 Å². The van der Waals surface area contributed by atoms with Gasteiger partial charge in [-0.25, -0.2) is 9.50 Å². The molecule has 2 aromatic carbocycles. The Kier molecular flexibility index (Phi) is 8.76. The maximum absolute atomic E-state index is 9.38. The summed E-state index contributed by atoms with van der Waals surface area (Å²) in [7, 11) is 0. The van der Waals surface area contributed by atoms with Gasteiger partial charge in [0.1, 0.15) is 0 Å². The first-order valence-corrected chi connectivity index (χ1v) is 12.7. The van der Waals surface area contributed by atoms with Gasteiger partial charge in [0.25, 0.3) is 0 Å². The van der Waals surface area contributed by atoms with Crippen molar-refractivity contribution >= 4 is 16.6 Å². The van der Waals surface area contributed by atoms with Gasteiger partial charge in [0, 0.05) is 35.1 Å². The second kappa shape index (κ2) is 12.4. The van der Waals surface area contributed by atoms with Gasteiger partial charge in [0.15, 0.2) is 5.65 Å². The predicted octanol–water partition coefficient (Wildman–Crippen LogP) is 6.20. The van der Waals surface area contributed by atoms with E-state index in [1.807, 2.05) is 47.4 Å². The summed E-state index contributed by atoms with van der Waals surface area (Å²) in [5.74, 6) is 0. The summed E-state index contributed by atoms with van der Waals surface area (Å²) < 4.78 is 1.82. The fourth-order valence-corrected chi connectivity index (χ4v) is 4.09. The second-order valence-corrected chi connectivity index (χ2v) is 9.01. The SMILES string of the molecule is CCCCNCCC.Cc1ccc(-c2cnc3c(-c4ccnc5cc(CO)ccc45)cnn3c2)cc1. The predicted molar refractivity (Wildman–Crippen MR) is 148 cm³/mol. The van der Waals surface area contributed by atoms with E-state index in [1.54, 1.807) is 6.20 Å². The number of pyridine rings is 1. The summed E-state index contributed by atoms with van der Waals surface area (Å²) in [5, 5.41) is 18.3. The van der Waals surface area contributed by atoms with Crippen LogP contribution in [0.4, 0.5) is 0 Å². The van der Waals surface area contributed by atoms with E-state index in [0.717, 1.165) is 44.4 Å². The number of aromatic nitrogens is 4. The number of aryl methyl sites for hydroxylation is 1. The molecule has 0 radical (unpaired) electrons. The maximum Gasteiger partial charge on any atom is 0.162 e. The quantitative estimate of drug-likeness (QED) is 0.258. The normalized spacial score (nSPS) is 11.0. The van der Waals surface area contributed by atoms with Gasteiger partial charge >= 0.3 is 0 Å². The van der Waals surface area contributed by atoms with E-state index in [1.165, 1.54) is 37.9 Å². The highest BCUT2D eigenvalue weighted by Crippen LogP contribution is 2.31. The van der Waals surface area contributed by atoms with E-state index in [0.29, 0.717) is 0 Å². The van der Waals surface area contributed by atoms with Gasteiger partial charge in [0.05, 0.1) is 18.3 Å². The zero-order valence-corrected chi connectivity index (χ0v) is 21.4. The highest BCUT2D eigenvalue weighted by atomic mass is 16.3. The molecule has 6 nitrogen and oxygen atoms in total. The third-order valence-electron chi connectivity index (χ3n) is 6.16. The number of nitrogens with one attached hydrogen (secondary N) is 1. The smallest absolute Gasteiger partial charge is 0.162 e. The Morgan fingerprint density at radius 3 is 2.44 bits per heavy atom. The third-order valence-corrected chi connectivity index (χ3v) is 6.16. The number of rotatable bonds is 8. The lowest BCUT2D eigenvalue weighted by molar-refractivity contribution is 0.282. The molecule has 5 rings (SSSR count). The van der Waals surface area contributed by atoms with Crippen molar-refractivity contribution in [2.24, 2.45) is 0 Å². The molecule has 0 aliphatic carbocycles. The van der Waals surface area contributed by atoms with Crippen LogP contribution < -0.4 is 5.32 Å². The van der Waals surface area contributed by atoms with Crippen LogP contribution in [0.5, 0.6) is 0 Å². The topological polar surface area (TPSA) is 75.3 Å². The molecule has 0 unspecified atom stereocenters. The Bertz CT molecular complexity index is 1400. The summed E-state index contributed by atoms with van der Waals surface area (Å²) in [6.07, 6.45) is 11.4. The van der Waals surface area contributed by atoms with Gasteiger partial charge in [-0.2, -0.15) is 5.10 Å². The van der Waals surface area contributed by atoms with E-state index >= 15 is 0 Å². The molecule has 2 N–H and O–H groups in total. The van der Waals surface area contributed by atoms with E-state index in [2.05, 4.69) is 60.4 Å². The molecular weight excluding hydrogens is 446 g/mol. The van der Waals surface area contributed by atoms with Crippen molar-refractivity contribution in [2.45, 2.75) is 46.6 Å². The van der Waals surface area contributed by atoms with Crippen LogP contribution in [0.15, 0.2) is 73.3 Å². The lowest BCUT2D eigenvalue weighted by atomic mass is 10.0. The molecular formula is C30H35N5O. The Labute approximate surface area is 213 Å². The number of hydrogen-bond acceptors (Lipinski definition) is 5. The standard InChI is InChI=1S/C23H18N4O.C7H17N/c1-15-2-5-17(6-3-15)18-11-25-23-21(12-26-27(23)13-18)19-8-9-24-22-10-16(14-28)4-7-20(19)22;1-3-5-7-8-6-4-2/h2-13,28H,14H2,1H3;8H,3-7H2,1-2H3. The van der Waals surface area contributed by atoms with Gasteiger partial charge in [-0.15, -0.1) is 0 Å². The van der Waals surface area contributed by atoms with Crippen LogP contribution in [0.2, 0.25) is 0 Å². The Morgan fingerprint density at radius 1 is 0.861 bits per heavy atom. The van der Waals surface area contributed by atoms with Crippen LogP contribution in [-0.2, 0) is 6.61 Å². The summed E-state index contributed by atoms with van der Waals surface area (Å²) in [4.78, 5) is 9.14. The largest absolute Gasteiger partial charge is 0.392 e. The molecule has 0 saturated heterocycles. The van der Waals surface area contributed by atoms with E-state index < -0.39 is 0 Å². The average Bonchev–Trinajstić information content (AvgIpc) is 3.34. The highest BCUT2D eigenvalue weighted by molar-refractivity contribution is 5.97. The van der Waals surface area contributed by atoms with Crippen molar-refractivity contribution in [3.63, 3.8) is 0 Å². The number of benzene rings is 2. The van der Waals surface area contributed by atoms with Crippen LogP contribution in [0, 0.1) is 6.92 Å². The van der Waals surface area contributed by atoms with Crippen molar-refractivity contribution in [1.29, 1.82) is 0 Å². The van der Waals surface area contributed by atoms with Crippen molar-refractivity contribution in [3.8, 4) is 22.3 Å². The summed E-state index contributed by atoms with van der Waals surface area (Å²) in [6.45, 7) is 8.87. The zero-order valence-electron chi connectivity index (χ0n) is 21.4. The van der Waals surface area contributed by atoms with Gasteiger partial charge in [0.2, 0.25) is 0 Å². The van der Waals surface area contributed by atoms with Crippen LogP contribution in [0.1, 0.15) is 44.2 Å². The number of aliphatic hydroxyl groups excluding tert-OH is 1. The molecule has 36 heavy (non-hydrogen) atoms. The van der Waals surface area contributed by atoms with E-state index in [9.17, 15) is 5.11 Å². The Hall–Kier alpha value is -3.61. The number of nitrogens with zero attached hydrogens (tertiary/aromatic N) is 4. The van der Waals surface area contributed by atoms with E-state index in [4.69, 9.17) is 4.98 Å². The molecule has 0 atom stereocenters. The van der Waals surface area contributed by atoms with Crippen LogP contribution in [0.3, 0.4) is 0 Å². The molecule has 0 amide bonds. The van der Waals surface area contributed by atoms with Crippen molar-refractivity contribution in [1.82, 2.24) is 24.9 Å². The maximum atomic E-state index is 9.38. The first-order valence-electron chi connectivity index (χ1n) is 12.7. The zero-order chi connectivity index (χ0) is 25.3. The fourth-order valence-electron chi connectivity index (χ4n) is 4.09. The fraction of sp³-hybridized carbons (Fsp3) is 0.300. The van der Waals surface area contributed by atoms with Gasteiger partial charge in [-0.3, -0.25) is 4.98 Å². The van der Waals surface area contributed by atoms with Crippen LogP contribution in [-0.4, -0.2) is 37.8 Å². The molecule has 0 aliphatic heterocycles. The summed E-state index contributed by atoms with van der Waals surface area (Å²) >= 11 is 0. The monoisotopic (exact) mass is 481 g/mol. The first-order chi connectivity index (χ1) is 17.6. The molecule has 0 saturated carbocycles. The first kappa shape index (κ1) is 25.5. The minimum absolute atomic E-state index is 0.00189. The molecule has 0 spiro atoms. The summed E-state index contributed by atoms with van der Waals surface area (Å²) in [6, 6.07) is 16.2. The minimum atomic E-state index is 0.00189. The van der Waals surface area contributed by atoms with E-state index in [-0.39, 0.29) is 6.61 Å². The van der Waals surface area contributed by atoms with Gasteiger partial charge in [-0.05, 0) is 61.7 Å². The van der Waals surface area contributed by atoms with Gasteiger partial charge in [-0.1, -0.05) is 62.2 Å². The Morgan fingerprint density at radius 2 is 1.69 bits per heavy atom. The number of aliphatic hydroxyl groups is 1. The van der Waals surface area contributed by atoms with Crippen molar-refractivity contribution in [2.75, 3.05) is 13.1 Å². The molecule has 5 aromatic rings. The average molecular weight is 482 g/mol. The molecule has 0 bridgehead atoms. The minimum Gasteiger partial charge on any atom is -0.392 e. The van der Waals surface area contributed by atoms with Crippen molar-refractivity contribution in [3.05, 3.63) is 84.4 Å². The van der Waals surface area contributed by atoms with Crippen LogP contribution in [0.25, 0.3) is 38.8 Å². The number of fused-ring (bicyclic) bond motifs is 2. The summed E-state index contributed by atoms with van der Waals surface area (Å²) in [5.41, 5.74) is 7.84. The second-order valence-electron chi connectivity index (χ2n) is 9.01. The molecule has 3 heterocycles. The Balaban J connectivity index is 0.000000331.